The number of nitrogens with zero attached hydrogens (tertiary/aromatic N) is 2. The van der Waals surface area contributed by atoms with Gasteiger partial charge in [0.25, 0.3) is 0 Å². The average Bonchev–Trinajstić information content (AvgIpc) is 2.54. The van der Waals surface area contributed by atoms with Crippen LogP contribution >= 0.6 is 0 Å². The summed E-state index contributed by atoms with van der Waals surface area (Å²) >= 11 is 0. The Hall–Kier alpha value is -0.990. The summed E-state index contributed by atoms with van der Waals surface area (Å²) in [6, 6.07) is 0. The van der Waals surface area contributed by atoms with Gasteiger partial charge in [-0.2, -0.15) is 0 Å². The van der Waals surface area contributed by atoms with Gasteiger partial charge >= 0.3 is 5.69 Å². The van der Waals surface area contributed by atoms with E-state index in [0.717, 1.165) is 38.8 Å². The van der Waals surface area contributed by atoms with Gasteiger partial charge in [0.05, 0.1) is 0 Å². The molecule has 0 spiro atoms. The lowest BCUT2D eigenvalue weighted by Gasteiger charge is -2.00. The standard InChI is InChI=1S/C11H20N2O/c1-3-5-7-12-9-10-13(11(12)14)8-6-4-2/h9-10H,3-8H2,1-2H3. The zero-order chi connectivity index (χ0) is 10.4. The highest BCUT2D eigenvalue weighted by molar-refractivity contribution is 4.81. The lowest BCUT2D eigenvalue weighted by molar-refractivity contribution is 0.563. The van der Waals surface area contributed by atoms with Gasteiger partial charge in [-0.05, 0) is 12.8 Å². The van der Waals surface area contributed by atoms with Crippen molar-refractivity contribution in [1.82, 2.24) is 9.13 Å². The highest BCUT2D eigenvalue weighted by Gasteiger charge is 2.01. The second kappa shape index (κ2) is 5.68. The molecule has 0 unspecified atom stereocenters. The van der Waals surface area contributed by atoms with Crippen LogP contribution in [0.3, 0.4) is 0 Å². The maximum Gasteiger partial charge on any atom is 0.328 e. The summed E-state index contributed by atoms with van der Waals surface area (Å²) in [5, 5.41) is 0. The highest BCUT2D eigenvalue weighted by Crippen LogP contribution is 1.95. The van der Waals surface area contributed by atoms with Gasteiger partial charge in [0.2, 0.25) is 0 Å². The van der Waals surface area contributed by atoms with E-state index in [-0.39, 0.29) is 5.69 Å². The van der Waals surface area contributed by atoms with Crippen LogP contribution in [0.15, 0.2) is 17.2 Å². The maximum absolute atomic E-state index is 11.7. The molecule has 1 heterocycles. The van der Waals surface area contributed by atoms with Crippen molar-refractivity contribution in [2.75, 3.05) is 0 Å². The van der Waals surface area contributed by atoms with Gasteiger partial charge in [0.1, 0.15) is 0 Å². The molecule has 1 aromatic rings. The first-order chi connectivity index (χ1) is 6.79. The molecule has 0 amide bonds. The highest BCUT2D eigenvalue weighted by atomic mass is 16.1. The number of imidazole rings is 1. The van der Waals surface area contributed by atoms with Crippen LogP contribution in [0.25, 0.3) is 0 Å². The fourth-order valence-corrected chi connectivity index (χ4v) is 1.45. The number of hydrogen-bond donors (Lipinski definition) is 0. The molecule has 0 fully saturated rings. The van der Waals surface area contributed by atoms with Gasteiger partial charge in [0.15, 0.2) is 0 Å². The fraction of sp³-hybridized carbons (Fsp3) is 0.727. The van der Waals surface area contributed by atoms with E-state index in [1.54, 1.807) is 9.13 Å². The minimum Gasteiger partial charge on any atom is -0.299 e. The fourth-order valence-electron chi connectivity index (χ4n) is 1.45. The van der Waals surface area contributed by atoms with E-state index in [1.807, 2.05) is 12.4 Å². The van der Waals surface area contributed by atoms with Crippen molar-refractivity contribution in [3.05, 3.63) is 22.9 Å². The Labute approximate surface area is 85.4 Å². The lowest BCUT2D eigenvalue weighted by Crippen LogP contribution is -2.24. The number of aromatic nitrogens is 2. The van der Waals surface area contributed by atoms with Gasteiger partial charge < -0.3 is 0 Å². The number of rotatable bonds is 6. The minimum absolute atomic E-state index is 0.145. The zero-order valence-electron chi connectivity index (χ0n) is 9.20. The number of aryl methyl sites for hydroxylation is 2. The third-order valence-corrected chi connectivity index (χ3v) is 2.42. The maximum atomic E-state index is 11.7. The van der Waals surface area contributed by atoms with Gasteiger partial charge in [-0.15, -0.1) is 0 Å². The van der Waals surface area contributed by atoms with Crippen molar-refractivity contribution in [2.24, 2.45) is 0 Å². The molecule has 0 aliphatic carbocycles. The molecule has 0 bridgehead atoms. The van der Waals surface area contributed by atoms with Gasteiger partial charge in [-0.25, -0.2) is 4.79 Å². The van der Waals surface area contributed by atoms with E-state index in [2.05, 4.69) is 13.8 Å². The molecule has 80 valence electrons. The van der Waals surface area contributed by atoms with Crippen LogP contribution in [0.2, 0.25) is 0 Å². The first-order valence-corrected chi connectivity index (χ1v) is 5.55. The zero-order valence-corrected chi connectivity index (χ0v) is 9.20. The van der Waals surface area contributed by atoms with Crippen molar-refractivity contribution in [2.45, 2.75) is 52.6 Å². The Kier molecular flexibility index (Phi) is 4.50. The summed E-state index contributed by atoms with van der Waals surface area (Å²) in [4.78, 5) is 11.7. The third kappa shape index (κ3) is 2.76. The molecule has 0 saturated heterocycles. The number of unbranched alkanes of at least 4 members (excludes halogenated alkanes) is 2. The van der Waals surface area contributed by atoms with Crippen molar-refractivity contribution in [1.29, 1.82) is 0 Å². The van der Waals surface area contributed by atoms with E-state index in [0.29, 0.717) is 0 Å². The molecule has 0 radical (unpaired) electrons. The Morgan fingerprint density at radius 2 is 1.43 bits per heavy atom. The summed E-state index contributed by atoms with van der Waals surface area (Å²) in [5.74, 6) is 0. The molecule has 0 saturated carbocycles. The quantitative estimate of drug-likeness (QED) is 0.685. The van der Waals surface area contributed by atoms with E-state index >= 15 is 0 Å². The molecule has 0 aliphatic rings. The monoisotopic (exact) mass is 196 g/mol. The van der Waals surface area contributed by atoms with Crippen LogP contribution in [-0.2, 0) is 13.1 Å². The Morgan fingerprint density at radius 3 is 1.79 bits per heavy atom. The minimum atomic E-state index is 0.145. The summed E-state index contributed by atoms with van der Waals surface area (Å²) in [5.41, 5.74) is 0.145. The predicted octanol–water partition coefficient (Wildman–Crippen LogP) is 2.25. The molecule has 14 heavy (non-hydrogen) atoms. The Morgan fingerprint density at radius 1 is 1.00 bits per heavy atom. The summed E-state index contributed by atoms with van der Waals surface area (Å²) in [7, 11) is 0. The molecular formula is C11H20N2O. The largest absolute Gasteiger partial charge is 0.328 e. The molecule has 1 aromatic heterocycles. The van der Waals surface area contributed by atoms with E-state index in [4.69, 9.17) is 0 Å². The van der Waals surface area contributed by atoms with Gasteiger partial charge in [0, 0.05) is 25.5 Å². The summed E-state index contributed by atoms with van der Waals surface area (Å²) < 4.78 is 3.61. The van der Waals surface area contributed by atoms with Crippen molar-refractivity contribution >= 4 is 0 Å². The topological polar surface area (TPSA) is 26.9 Å². The smallest absolute Gasteiger partial charge is 0.299 e. The summed E-state index contributed by atoms with van der Waals surface area (Å²) in [6.07, 6.45) is 8.22. The van der Waals surface area contributed by atoms with Crippen molar-refractivity contribution < 1.29 is 0 Å². The van der Waals surface area contributed by atoms with Crippen LogP contribution in [0.4, 0.5) is 0 Å². The third-order valence-electron chi connectivity index (χ3n) is 2.42. The van der Waals surface area contributed by atoms with Crippen LogP contribution in [-0.4, -0.2) is 9.13 Å². The average molecular weight is 196 g/mol. The summed E-state index contributed by atoms with van der Waals surface area (Å²) in [6.45, 7) is 5.99. The lowest BCUT2D eigenvalue weighted by atomic mass is 10.3. The van der Waals surface area contributed by atoms with Crippen LogP contribution in [0.1, 0.15) is 39.5 Å². The molecule has 0 atom stereocenters. The SMILES string of the molecule is CCCCn1ccn(CCCC)c1=O. The first kappa shape index (κ1) is 11.1. The van der Waals surface area contributed by atoms with Crippen LogP contribution in [0, 0.1) is 0 Å². The molecule has 3 nitrogen and oxygen atoms in total. The molecule has 0 aromatic carbocycles. The Bertz CT molecular complexity index is 283. The van der Waals surface area contributed by atoms with Crippen molar-refractivity contribution in [3.8, 4) is 0 Å². The predicted molar refractivity (Wildman–Crippen MR) is 58.5 cm³/mol. The first-order valence-electron chi connectivity index (χ1n) is 5.55. The van der Waals surface area contributed by atoms with Crippen LogP contribution in [0.5, 0.6) is 0 Å². The van der Waals surface area contributed by atoms with Crippen LogP contribution < -0.4 is 5.69 Å². The number of hydrogen-bond acceptors (Lipinski definition) is 1. The second-order valence-corrected chi connectivity index (χ2v) is 3.67. The molecular weight excluding hydrogens is 176 g/mol. The molecule has 0 N–H and O–H groups in total. The van der Waals surface area contributed by atoms with E-state index < -0.39 is 0 Å². The molecule has 1 rings (SSSR count). The van der Waals surface area contributed by atoms with Gasteiger partial charge in [-0.3, -0.25) is 9.13 Å². The van der Waals surface area contributed by atoms with E-state index in [1.165, 1.54) is 0 Å². The second-order valence-electron chi connectivity index (χ2n) is 3.67. The van der Waals surface area contributed by atoms with Gasteiger partial charge in [-0.1, -0.05) is 26.7 Å². The molecule has 3 heteroatoms. The Balaban J connectivity index is 2.60. The van der Waals surface area contributed by atoms with E-state index in [9.17, 15) is 4.79 Å². The molecule has 0 aliphatic heterocycles. The van der Waals surface area contributed by atoms with Crippen molar-refractivity contribution in [3.63, 3.8) is 0 Å². The normalized spacial score (nSPS) is 10.7.